The SMILES string of the molecule is CNCc1cc(C)nc(N2CCN(CCN(C)C)CC2)c1. The molecule has 0 saturated carbocycles. The predicted molar refractivity (Wildman–Crippen MR) is 88.9 cm³/mol. The van der Waals surface area contributed by atoms with E-state index >= 15 is 0 Å². The van der Waals surface area contributed by atoms with Gasteiger partial charge in [0, 0.05) is 51.5 Å². The van der Waals surface area contributed by atoms with E-state index in [1.54, 1.807) is 0 Å². The van der Waals surface area contributed by atoms with Crippen molar-refractivity contribution in [3.63, 3.8) is 0 Å². The normalized spacial score (nSPS) is 16.7. The van der Waals surface area contributed by atoms with Crippen LogP contribution in [0.2, 0.25) is 0 Å². The van der Waals surface area contributed by atoms with Crippen LogP contribution in [0.3, 0.4) is 0 Å². The number of aryl methyl sites for hydroxylation is 1. The van der Waals surface area contributed by atoms with E-state index in [4.69, 9.17) is 4.98 Å². The van der Waals surface area contributed by atoms with Crippen LogP contribution in [0, 0.1) is 6.92 Å². The second kappa shape index (κ2) is 7.73. The maximum atomic E-state index is 4.71. The first-order chi connectivity index (χ1) is 10.1. The fourth-order valence-corrected chi connectivity index (χ4v) is 2.73. The van der Waals surface area contributed by atoms with Crippen molar-refractivity contribution in [2.75, 3.05) is 65.3 Å². The van der Waals surface area contributed by atoms with Gasteiger partial charge in [-0.3, -0.25) is 4.90 Å². The number of piperazine rings is 1. The molecule has 0 radical (unpaired) electrons. The minimum absolute atomic E-state index is 0.902. The lowest BCUT2D eigenvalue weighted by atomic mass is 10.2. The predicted octanol–water partition coefficient (Wildman–Crippen LogP) is 0.793. The average Bonchev–Trinajstić information content (AvgIpc) is 2.45. The largest absolute Gasteiger partial charge is 0.354 e. The van der Waals surface area contributed by atoms with Crippen LogP contribution < -0.4 is 10.2 Å². The molecule has 1 aromatic rings. The van der Waals surface area contributed by atoms with Gasteiger partial charge in [0.15, 0.2) is 0 Å². The first-order valence-electron chi connectivity index (χ1n) is 7.82. The van der Waals surface area contributed by atoms with Gasteiger partial charge in [-0.15, -0.1) is 0 Å². The van der Waals surface area contributed by atoms with E-state index < -0.39 is 0 Å². The highest BCUT2D eigenvalue weighted by Crippen LogP contribution is 2.17. The molecule has 1 saturated heterocycles. The van der Waals surface area contributed by atoms with Gasteiger partial charge in [-0.2, -0.15) is 0 Å². The van der Waals surface area contributed by atoms with Gasteiger partial charge in [0.05, 0.1) is 0 Å². The van der Waals surface area contributed by atoms with E-state index in [0.717, 1.165) is 57.3 Å². The Labute approximate surface area is 128 Å². The Morgan fingerprint density at radius 2 is 1.90 bits per heavy atom. The smallest absolute Gasteiger partial charge is 0.129 e. The molecule has 1 aliphatic rings. The molecule has 0 spiro atoms. The maximum absolute atomic E-state index is 4.71. The fraction of sp³-hybridized carbons (Fsp3) is 0.688. The lowest BCUT2D eigenvalue weighted by molar-refractivity contribution is 0.229. The topological polar surface area (TPSA) is 34.6 Å². The Morgan fingerprint density at radius 1 is 1.19 bits per heavy atom. The molecule has 1 aromatic heterocycles. The molecule has 1 fully saturated rings. The number of likely N-dealkylation sites (N-methyl/N-ethyl adjacent to an activating group) is 1. The first kappa shape index (κ1) is 16.2. The average molecular weight is 291 g/mol. The zero-order valence-corrected chi connectivity index (χ0v) is 13.9. The molecule has 0 atom stereocenters. The lowest BCUT2D eigenvalue weighted by Crippen LogP contribution is -2.48. The second-order valence-electron chi connectivity index (χ2n) is 6.14. The van der Waals surface area contributed by atoms with Crippen molar-refractivity contribution in [2.45, 2.75) is 13.5 Å². The van der Waals surface area contributed by atoms with Crippen LogP contribution in [0.4, 0.5) is 5.82 Å². The number of nitrogens with one attached hydrogen (secondary N) is 1. The van der Waals surface area contributed by atoms with E-state index in [1.165, 1.54) is 5.56 Å². The molecular weight excluding hydrogens is 262 g/mol. The summed E-state index contributed by atoms with van der Waals surface area (Å²) in [4.78, 5) is 11.9. The Morgan fingerprint density at radius 3 is 2.52 bits per heavy atom. The van der Waals surface area contributed by atoms with Crippen molar-refractivity contribution >= 4 is 5.82 Å². The lowest BCUT2D eigenvalue weighted by Gasteiger charge is -2.36. The molecule has 0 unspecified atom stereocenters. The monoisotopic (exact) mass is 291 g/mol. The van der Waals surface area contributed by atoms with Gasteiger partial charge < -0.3 is 15.1 Å². The zero-order chi connectivity index (χ0) is 15.2. The maximum Gasteiger partial charge on any atom is 0.129 e. The molecule has 1 N–H and O–H groups in total. The summed E-state index contributed by atoms with van der Waals surface area (Å²) in [5.74, 6) is 1.13. The number of aromatic nitrogens is 1. The number of nitrogens with zero attached hydrogens (tertiary/aromatic N) is 4. The molecule has 0 aromatic carbocycles. The van der Waals surface area contributed by atoms with Crippen molar-refractivity contribution in [2.24, 2.45) is 0 Å². The van der Waals surface area contributed by atoms with Crippen LogP contribution >= 0.6 is 0 Å². The van der Waals surface area contributed by atoms with Crippen molar-refractivity contribution in [1.29, 1.82) is 0 Å². The van der Waals surface area contributed by atoms with Crippen LogP contribution in [0.15, 0.2) is 12.1 Å². The quantitative estimate of drug-likeness (QED) is 0.838. The Bertz CT molecular complexity index is 438. The van der Waals surface area contributed by atoms with Gasteiger partial charge in [-0.1, -0.05) is 0 Å². The number of hydrogen-bond donors (Lipinski definition) is 1. The number of rotatable bonds is 6. The summed E-state index contributed by atoms with van der Waals surface area (Å²) in [6.45, 7) is 9.68. The Kier molecular flexibility index (Phi) is 5.96. The van der Waals surface area contributed by atoms with Crippen molar-refractivity contribution in [3.8, 4) is 0 Å². The number of anilines is 1. The minimum Gasteiger partial charge on any atom is -0.354 e. The molecule has 118 valence electrons. The second-order valence-corrected chi connectivity index (χ2v) is 6.14. The zero-order valence-electron chi connectivity index (χ0n) is 13.9. The Balaban J connectivity index is 1.92. The van der Waals surface area contributed by atoms with Crippen LogP contribution in [0.25, 0.3) is 0 Å². The highest BCUT2D eigenvalue weighted by molar-refractivity contribution is 5.43. The standard InChI is InChI=1S/C16H29N5/c1-14-11-15(13-17-2)12-16(18-14)21-9-7-20(8-10-21)6-5-19(3)4/h11-12,17H,5-10,13H2,1-4H3. The molecule has 0 bridgehead atoms. The van der Waals surface area contributed by atoms with Gasteiger partial charge in [0.2, 0.25) is 0 Å². The fourth-order valence-electron chi connectivity index (χ4n) is 2.73. The molecule has 5 heteroatoms. The molecule has 5 nitrogen and oxygen atoms in total. The summed E-state index contributed by atoms with van der Waals surface area (Å²) in [6, 6.07) is 4.38. The molecule has 0 aliphatic carbocycles. The van der Waals surface area contributed by atoms with Gasteiger partial charge in [-0.25, -0.2) is 4.98 Å². The van der Waals surface area contributed by atoms with Gasteiger partial charge in [-0.05, 0) is 45.8 Å². The van der Waals surface area contributed by atoms with E-state index in [-0.39, 0.29) is 0 Å². The van der Waals surface area contributed by atoms with Gasteiger partial charge in [0.1, 0.15) is 5.82 Å². The number of hydrogen-bond acceptors (Lipinski definition) is 5. The third-order valence-corrected chi connectivity index (χ3v) is 3.94. The highest BCUT2D eigenvalue weighted by Gasteiger charge is 2.18. The summed E-state index contributed by atoms with van der Waals surface area (Å²) in [5.41, 5.74) is 2.42. The van der Waals surface area contributed by atoms with E-state index in [0.29, 0.717) is 0 Å². The Hall–Kier alpha value is -1.17. The molecule has 21 heavy (non-hydrogen) atoms. The van der Waals surface area contributed by atoms with E-state index in [9.17, 15) is 0 Å². The van der Waals surface area contributed by atoms with Crippen LogP contribution in [0.5, 0.6) is 0 Å². The third-order valence-electron chi connectivity index (χ3n) is 3.94. The van der Waals surface area contributed by atoms with Crippen molar-refractivity contribution in [1.82, 2.24) is 20.1 Å². The summed E-state index contributed by atoms with van der Waals surface area (Å²) >= 11 is 0. The summed E-state index contributed by atoms with van der Waals surface area (Å²) in [6.07, 6.45) is 0. The summed E-state index contributed by atoms with van der Waals surface area (Å²) in [5, 5.41) is 3.22. The van der Waals surface area contributed by atoms with Crippen molar-refractivity contribution in [3.05, 3.63) is 23.4 Å². The molecule has 0 amide bonds. The van der Waals surface area contributed by atoms with Crippen molar-refractivity contribution < 1.29 is 0 Å². The van der Waals surface area contributed by atoms with Crippen LogP contribution in [-0.2, 0) is 6.54 Å². The number of pyridine rings is 1. The van der Waals surface area contributed by atoms with Gasteiger partial charge in [0.25, 0.3) is 0 Å². The first-order valence-corrected chi connectivity index (χ1v) is 7.82. The summed E-state index contributed by atoms with van der Waals surface area (Å²) < 4.78 is 0. The van der Waals surface area contributed by atoms with Crippen LogP contribution in [0.1, 0.15) is 11.3 Å². The molecule has 1 aliphatic heterocycles. The van der Waals surface area contributed by atoms with Crippen LogP contribution in [-0.4, -0.2) is 75.2 Å². The highest BCUT2D eigenvalue weighted by atomic mass is 15.3. The van der Waals surface area contributed by atoms with Gasteiger partial charge >= 0.3 is 0 Å². The van der Waals surface area contributed by atoms with E-state index in [2.05, 4.69) is 53.2 Å². The summed E-state index contributed by atoms with van der Waals surface area (Å²) in [7, 11) is 6.26. The third kappa shape index (κ3) is 4.95. The molecule has 2 rings (SSSR count). The molecular formula is C16H29N5. The van der Waals surface area contributed by atoms with E-state index in [1.807, 2.05) is 7.05 Å². The minimum atomic E-state index is 0.902. The molecule has 2 heterocycles.